The molecular weight excluding hydrogens is 765 g/mol. The number of nitrogens with zero attached hydrogens (tertiary/aromatic N) is 6. The second kappa shape index (κ2) is 14.3. The van der Waals surface area contributed by atoms with Gasteiger partial charge in [-0.1, -0.05) is 60.7 Å². The van der Waals surface area contributed by atoms with E-state index < -0.39 is 35.6 Å². The average molecular weight is 795 g/mol. The van der Waals surface area contributed by atoms with Crippen molar-refractivity contribution in [3.05, 3.63) is 167 Å². The van der Waals surface area contributed by atoms with E-state index in [1.54, 1.807) is 24.3 Å². The molecule has 2 aliphatic heterocycles. The molecule has 8 aromatic rings. The molecule has 0 spiro atoms. The van der Waals surface area contributed by atoms with Crippen LogP contribution in [0.4, 0.5) is 11.6 Å². The third-order valence-electron chi connectivity index (χ3n) is 10.8. The largest absolute Gasteiger partial charge is 0.460 e. The monoisotopic (exact) mass is 794 g/mol. The molecule has 0 saturated carbocycles. The SMILES string of the molecule is O=C(OCCn1nccc1N1C(=O)c2ccc3c4c(ccc(c24)C1=O)C(=O)N(c1ccnn1CCOC(=O)c1ccc2ccccc2c1)C3=O)c1ccc2ccccc2c1. The number of fused-ring (bicyclic) bond motifs is 2. The van der Waals surface area contributed by atoms with E-state index >= 15 is 0 Å². The molecule has 2 aromatic heterocycles. The minimum absolute atomic E-state index is 0.0428. The number of anilines is 2. The molecule has 0 radical (unpaired) electrons. The van der Waals surface area contributed by atoms with Crippen molar-refractivity contribution in [1.29, 1.82) is 0 Å². The highest BCUT2D eigenvalue weighted by molar-refractivity contribution is 6.42. The van der Waals surface area contributed by atoms with Crippen LogP contribution in [0, 0.1) is 0 Å². The van der Waals surface area contributed by atoms with Gasteiger partial charge in [-0.05, 0) is 70.1 Å². The summed E-state index contributed by atoms with van der Waals surface area (Å²) in [6, 6.07) is 34.7. The maximum absolute atomic E-state index is 14.2. The van der Waals surface area contributed by atoms with E-state index in [4.69, 9.17) is 9.47 Å². The topological polar surface area (TPSA) is 163 Å². The maximum Gasteiger partial charge on any atom is 0.338 e. The molecule has 60 heavy (non-hydrogen) atoms. The van der Waals surface area contributed by atoms with Gasteiger partial charge in [-0.15, -0.1) is 0 Å². The average Bonchev–Trinajstić information content (AvgIpc) is 3.94. The number of imide groups is 2. The second-order valence-electron chi connectivity index (χ2n) is 14.2. The van der Waals surface area contributed by atoms with Crippen LogP contribution in [0.1, 0.15) is 62.1 Å². The highest BCUT2D eigenvalue weighted by Crippen LogP contribution is 2.40. The zero-order valence-electron chi connectivity index (χ0n) is 31.5. The summed E-state index contributed by atoms with van der Waals surface area (Å²) < 4.78 is 13.9. The first kappa shape index (κ1) is 36.1. The van der Waals surface area contributed by atoms with Crippen molar-refractivity contribution >= 4 is 79.5 Å². The normalized spacial score (nSPS) is 13.5. The molecule has 14 nitrogen and oxygen atoms in total. The lowest BCUT2D eigenvalue weighted by molar-refractivity contribution is 0.0479. The quantitative estimate of drug-likeness (QED) is 0.106. The van der Waals surface area contributed by atoms with Gasteiger partial charge in [0, 0.05) is 45.2 Å². The van der Waals surface area contributed by atoms with Crippen LogP contribution in [0.5, 0.6) is 0 Å². The Morgan fingerprint density at radius 1 is 0.450 bits per heavy atom. The molecule has 6 aromatic carbocycles. The van der Waals surface area contributed by atoms with E-state index in [0.29, 0.717) is 11.1 Å². The second-order valence-corrected chi connectivity index (χ2v) is 14.2. The zero-order valence-corrected chi connectivity index (χ0v) is 31.5. The third kappa shape index (κ3) is 5.88. The molecule has 0 unspecified atom stereocenters. The summed E-state index contributed by atoms with van der Waals surface area (Å²) in [7, 11) is 0. The molecule has 0 bridgehead atoms. The number of ether oxygens (including phenoxy) is 2. The third-order valence-corrected chi connectivity index (χ3v) is 10.8. The van der Waals surface area contributed by atoms with Crippen LogP contribution in [-0.2, 0) is 22.6 Å². The lowest BCUT2D eigenvalue weighted by Crippen LogP contribution is -2.44. The van der Waals surface area contributed by atoms with E-state index in [9.17, 15) is 28.8 Å². The lowest BCUT2D eigenvalue weighted by atomic mass is 9.86. The van der Waals surface area contributed by atoms with Crippen LogP contribution in [-0.4, -0.2) is 68.3 Å². The number of aromatic nitrogens is 4. The molecule has 14 heteroatoms. The number of rotatable bonds is 10. The Hall–Kier alpha value is -8.26. The number of hydrogen-bond donors (Lipinski definition) is 0. The standard InChI is InChI=1S/C46H30N6O8/c53-41-33-13-15-35-40-36(44(56)52(43(35)55)38-18-20-48-50(38)22-24-60-46(58)32-12-10-28-6-2-4-8-30(28)26-32)16-14-34(39(33)40)42(54)51(41)37-17-19-47-49(37)21-23-59-45(57)31-11-9-27-5-1-3-7-29(27)25-31/h1-20,25-26H,21-24H2. The van der Waals surface area contributed by atoms with Gasteiger partial charge in [0.2, 0.25) is 0 Å². The highest BCUT2D eigenvalue weighted by atomic mass is 16.5. The molecule has 0 fully saturated rings. The summed E-state index contributed by atoms with van der Waals surface area (Å²) in [6.07, 6.45) is 2.87. The Morgan fingerprint density at radius 3 is 1.20 bits per heavy atom. The van der Waals surface area contributed by atoms with Crippen molar-refractivity contribution in [3.8, 4) is 0 Å². The van der Waals surface area contributed by atoms with E-state index in [-0.39, 0.29) is 71.0 Å². The Kier molecular flexibility index (Phi) is 8.60. The van der Waals surface area contributed by atoms with Gasteiger partial charge in [-0.3, -0.25) is 19.2 Å². The Balaban J connectivity index is 0.864. The van der Waals surface area contributed by atoms with Crippen molar-refractivity contribution in [3.63, 3.8) is 0 Å². The number of benzene rings is 6. The van der Waals surface area contributed by atoms with E-state index in [1.165, 1.54) is 58.2 Å². The smallest absolute Gasteiger partial charge is 0.338 e. The fourth-order valence-corrected chi connectivity index (χ4v) is 7.92. The van der Waals surface area contributed by atoms with Gasteiger partial charge in [0.05, 0.1) is 36.6 Å². The fraction of sp³-hybridized carbons (Fsp3) is 0.0870. The van der Waals surface area contributed by atoms with E-state index in [2.05, 4.69) is 10.2 Å². The summed E-state index contributed by atoms with van der Waals surface area (Å²) in [5, 5.41) is 12.7. The summed E-state index contributed by atoms with van der Waals surface area (Å²) in [4.78, 5) is 84.4. The van der Waals surface area contributed by atoms with Gasteiger partial charge in [0.25, 0.3) is 23.6 Å². The minimum atomic E-state index is -0.676. The predicted molar refractivity (Wildman–Crippen MR) is 219 cm³/mol. The van der Waals surface area contributed by atoms with Crippen molar-refractivity contribution in [1.82, 2.24) is 19.6 Å². The Morgan fingerprint density at radius 2 is 0.817 bits per heavy atom. The number of esters is 2. The number of hydrogen-bond acceptors (Lipinski definition) is 10. The van der Waals surface area contributed by atoms with Crippen LogP contribution in [0.3, 0.4) is 0 Å². The molecule has 2 aliphatic rings. The molecule has 0 aliphatic carbocycles. The van der Waals surface area contributed by atoms with Gasteiger partial charge >= 0.3 is 11.9 Å². The fourth-order valence-electron chi connectivity index (χ4n) is 7.92. The van der Waals surface area contributed by atoms with E-state index in [0.717, 1.165) is 31.3 Å². The van der Waals surface area contributed by atoms with Crippen molar-refractivity contribution in [2.75, 3.05) is 23.0 Å². The highest BCUT2D eigenvalue weighted by Gasteiger charge is 2.42. The summed E-state index contributed by atoms with van der Waals surface area (Å²) in [6.45, 7) is -0.0978. The van der Waals surface area contributed by atoms with Crippen LogP contribution in [0.15, 0.2) is 134 Å². The first-order valence-electron chi connectivity index (χ1n) is 19.0. The molecule has 10 rings (SSSR count). The molecule has 4 amide bonds. The zero-order chi connectivity index (χ0) is 41.1. The van der Waals surface area contributed by atoms with Crippen molar-refractivity contribution < 1.29 is 38.2 Å². The molecule has 4 heterocycles. The minimum Gasteiger partial charge on any atom is -0.460 e. The Bertz CT molecular complexity index is 2890. The molecule has 0 atom stereocenters. The summed E-state index contributed by atoms with van der Waals surface area (Å²) in [5.41, 5.74) is 1.24. The summed E-state index contributed by atoms with van der Waals surface area (Å²) in [5.74, 6) is -3.46. The van der Waals surface area contributed by atoms with Gasteiger partial charge < -0.3 is 9.47 Å². The van der Waals surface area contributed by atoms with Crippen LogP contribution in [0.25, 0.3) is 32.3 Å². The maximum atomic E-state index is 14.2. The van der Waals surface area contributed by atoms with Crippen LogP contribution >= 0.6 is 0 Å². The molecule has 0 saturated heterocycles. The van der Waals surface area contributed by atoms with Crippen molar-refractivity contribution in [2.24, 2.45) is 0 Å². The predicted octanol–water partition coefficient (Wildman–Crippen LogP) is 6.85. The first-order valence-corrected chi connectivity index (χ1v) is 19.0. The number of amides is 4. The van der Waals surface area contributed by atoms with Gasteiger partial charge in [-0.2, -0.15) is 10.2 Å². The van der Waals surface area contributed by atoms with Gasteiger partial charge in [-0.25, -0.2) is 28.8 Å². The van der Waals surface area contributed by atoms with Crippen LogP contribution in [0.2, 0.25) is 0 Å². The molecular formula is C46H30N6O8. The van der Waals surface area contributed by atoms with Gasteiger partial charge in [0.15, 0.2) is 0 Å². The lowest BCUT2D eigenvalue weighted by Gasteiger charge is -2.31. The molecule has 0 N–H and O–H groups in total. The molecule has 292 valence electrons. The van der Waals surface area contributed by atoms with Gasteiger partial charge in [0.1, 0.15) is 24.8 Å². The summed E-state index contributed by atoms with van der Waals surface area (Å²) >= 11 is 0. The van der Waals surface area contributed by atoms with Crippen LogP contribution < -0.4 is 9.80 Å². The van der Waals surface area contributed by atoms with E-state index in [1.807, 2.05) is 60.7 Å². The Labute approximate surface area is 339 Å². The number of carbonyl (C=O) groups is 6. The van der Waals surface area contributed by atoms with Crippen molar-refractivity contribution in [2.45, 2.75) is 13.1 Å². The first-order chi connectivity index (χ1) is 29.3. The number of carbonyl (C=O) groups excluding carboxylic acids is 6.